The molecule has 0 bridgehead atoms. The summed E-state index contributed by atoms with van der Waals surface area (Å²) >= 11 is 1.68. The summed E-state index contributed by atoms with van der Waals surface area (Å²) in [6.07, 6.45) is 1.19. The average Bonchev–Trinajstić information content (AvgIpc) is 3.40. The van der Waals surface area contributed by atoms with Crippen molar-refractivity contribution in [2.75, 3.05) is 13.4 Å². The van der Waals surface area contributed by atoms with Gasteiger partial charge in [-0.1, -0.05) is 39.0 Å². The van der Waals surface area contributed by atoms with Crippen LogP contribution in [0, 0.1) is 0 Å². The largest absolute Gasteiger partial charge is 0.497 e. The second kappa shape index (κ2) is 8.18. The first-order chi connectivity index (χ1) is 15.1. The lowest BCUT2D eigenvalue weighted by Gasteiger charge is -2.15. The van der Waals surface area contributed by atoms with Crippen molar-refractivity contribution in [1.82, 2.24) is 14.8 Å². The third-order valence-corrected chi connectivity index (χ3v) is 7.61. The highest BCUT2D eigenvalue weighted by atomic mass is 32.2. The van der Waals surface area contributed by atoms with Crippen molar-refractivity contribution in [2.24, 2.45) is 0 Å². The van der Waals surface area contributed by atoms with Crippen molar-refractivity contribution in [3.05, 3.63) is 65.5 Å². The maximum atomic E-state index is 12.0. The standard InChI is InChI=1S/C24H25N3O3S2/c1-24(2,3)21-13-12-20(31-21)23-25-22(16-8-6-11-19(14-16)32(5,28)29)26-27(23)17-9-7-10-18(15-17)30-4/h6-15H,1-5H3. The number of ether oxygens (including phenoxy) is 1. The van der Waals surface area contributed by atoms with Crippen molar-refractivity contribution in [3.8, 4) is 33.5 Å². The number of methoxy groups -OCH3 is 1. The van der Waals surface area contributed by atoms with Gasteiger partial charge >= 0.3 is 0 Å². The number of hydrogen-bond donors (Lipinski definition) is 0. The van der Waals surface area contributed by atoms with Crippen LogP contribution in [0.4, 0.5) is 0 Å². The minimum atomic E-state index is -3.34. The van der Waals surface area contributed by atoms with Crippen LogP contribution >= 0.6 is 11.3 Å². The quantitative estimate of drug-likeness (QED) is 0.394. The topological polar surface area (TPSA) is 74.1 Å². The van der Waals surface area contributed by atoms with Gasteiger partial charge in [-0.05, 0) is 41.8 Å². The van der Waals surface area contributed by atoms with Crippen molar-refractivity contribution in [1.29, 1.82) is 0 Å². The van der Waals surface area contributed by atoms with E-state index in [9.17, 15) is 8.42 Å². The Labute approximate surface area is 192 Å². The van der Waals surface area contributed by atoms with E-state index < -0.39 is 9.84 Å². The molecule has 6 nitrogen and oxygen atoms in total. The van der Waals surface area contributed by atoms with Gasteiger partial charge in [0.25, 0.3) is 0 Å². The second-order valence-corrected chi connectivity index (χ2v) is 11.7. The lowest BCUT2D eigenvalue weighted by molar-refractivity contribution is 0.414. The molecule has 4 aromatic rings. The molecule has 0 spiro atoms. The fraction of sp³-hybridized carbons (Fsp3) is 0.250. The SMILES string of the molecule is COc1cccc(-n2nc(-c3cccc(S(C)(=O)=O)c3)nc2-c2ccc(C(C)(C)C)s2)c1. The summed E-state index contributed by atoms with van der Waals surface area (Å²) in [5.41, 5.74) is 1.47. The van der Waals surface area contributed by atoms with E-state index in [2.05, 4.69) is 32.9 Å². The molecule has 0 fully saturated rings. The minimum absolute atomic E-state index is 0.0242. The molecular formula is C24H25N3O3S2. The number of thiophene rings is 1. The van der Waals surface area contributed by atoms with Crippen LogP contribution in [0.5, 0.6) is 5.75 Å². The molecule has 8 heteroatoms. The zero-order valence-electron chi connectivity index (χ0n) is 18.7. The lowest BCUT2D eigenvalue weighted by Crippen LogP contribution is -2.07. The highest BCUT2D eigenvalue weighted by Crippen LogP contribution is 2.36. The molecule has 2 heterocycles. The zero-order valence-corrected chi connectivity index (χ0v) is 20.3. The van der Waals surface area contributed by atoms with E-state index in [4.69, 9.17) is 14.8 Å². The molecule has 0 aliphatic rings. The molecule has 32 heavy (non-hydrogen) atoms. The molecule has 2 aromatic heterocycles. The van der Waals surface area contributed by atoms with Gasteiger partial charge in [-0.25, -0.2) is 18.1 Å². The average molecular weight is 468 g/mol. The normalized spacial score (nSPS) is 12.2. The van der Waals surface area contributed by atoms with Crippen LogP contribution in [-0.2, 0) is 15.3 Å². The Kier molecular flexibility index (Phi) is 5.68. The third-order valence-electron chi connectivity index (χ3n) is 4.99. The van der Waals surface area contributed by atoms with Gasteiger partial charge in [0, 0.05) is 22.8 Å². The first-order valence-corrected chi connectivity index (χ1v) is 12.8. The molecule has 0 amide bonds. The summed E-state index contributed by atoms with van der Waals surface area (Å²) < 4.78 is 31.3. The van der Waals surface area contributed by atoms with E-state index in [1.54, 1.807) is 41.3 Å². The Bertz CT molecular complexity index is 1380. The molecule has 0 saturated heterocycles. The molecule has 0 aliphatic carbocycles. The van der Waals surface area contributed by atoms with E-state index in [0.717, 1.165) is 10.6 Å². The number of nitrogens with zero attached hydrogens (tertiary/aromatic N) is 3. The Hall–Kier alpha value is -2.97. The van der Waals surface area contributed by atoms with Crippen LogP contribution < -0.4 is 4.74 Å². The summed E-state index contributed by atoms with van der Waals surface area (Å²) in [7, 11) is -1.72. The molecule has 0 N–H and O–H groups in total. The summed E-state index contributed by atoms with van der Waals surface area (Å²) in [6.45, 7) is 6.53. The molecule has 4 rings (SSSR count). The van der Waals surface area contributed by atoms with Gasteiger partial charge < -0.3 is 4.74 Å². The maximum absolute atomic E-state index is 12.0. The Balaban J connectivity index is 1.90. The first-order valence-electron chi connectivity index (χ1n) is 10.1. The molecule has 0 saturated carbocycles. The van der Waals surface area contributed by atoms with E-state index in [-0.39, 0.29) is 10.3 Å². The van der Waals surface area contributed by atoms with Crippen molar-refractivity contribution >= 4 is 21.2 Å². The summed E-state index contributed by atoms with van der Waals surface area (Å²) in [6, 6.07) is 18.5. The predicted octanol–water partition coefficient (Wildman–Crippen LogP) is 5.37. The summed E-state index contributed by atoms with van der Waals surface area (Å²) in [5.74, 6) is 1.86. The van der Waals surface area contributed by atoms with Gasteiger partial charge in [-0.2, -0.15) is 0 Å². The van der Waals surface area contributed by atoms with E-state index in [0.29, 0.717) is 23.0 Å². The molecule has 2 aromatic carbocycles. The van der Waals surface area contributed by atoms with Crippen molar-refractivity contribution in [2.45, 2.75) is 31.1 Å². The zero-order chi connectivity index (χ0) is 23.1. The van der Waals surface area contributed by atoms with E-state index in [1.807, 2.05) is 30.3 Å². The van der Waals surface area contributed by atoms with Crippen LogP contribution in [0.15, 0.2) is 65.6 Å². The number of benzene rings is 2. The molecular weight excluding hydrogens is 442 g/mol. The fourth-order valence-corrected chi connectivity index (χ4v) is 4.95. The lowest BCUT2D eigenvalue weighted by atomic mass is 9.95. The van der Waals surface area contributed by atoms with Crippen molar-refractivity contribution in [3.63, 3.8) is 0 Å². The highest BCUT2D eigenvalue weighted by Gasteiger charge is 2.21. The number of sulfone groups is 1. The minimum Gasteiger partial charge on any atom is -0.497 e. The molecule has 0 aliphatic heterocycles. The van der Waals surface area contributed by atoms with Crippen LogP contribution in [-0.4, -0.2) is 36.5 Å². The van der Waals surface area contributed by atoms with Gasteiger partial charge in [0.2, 0.25) is 0 Å². The monoisotopic (exact) mass is 467 g/mol. The smallest absolute Gasteiger partial charge is 0.182 e. The van der Waals surface area contributed by atoms with Gasteiger partial charge in [0.1, 0.15) is 5.75 Å². The van der Waals surface area contributed by atoms with E-state index >= 15 is 0 Å². The van der Waals surface area contributed by atoms with Crippen LogP contribution in [0.3, 0.4) is 0 Å². The van der Waals surface area contributed by atoms with Gasteiger partial charge in [0.15, 0.2) is 21.5 Å². The molecule has 0 radical (unpaired) electrons. The fourth-order valence-electron chi connectivity index (χ4n) is 3.24. The van der Waals surface area contributed by atoms with Crippen LogP contribution in [0.2, 0.25) is 0 Å². The van der Waals surface area contributed by atoms with E-state index in [1.165, 1.54) is 11.1 Å². The summed E-state index contributed by atoms with van der Waals surface area (Å²) in [4.78, 5) is 7.29. The van der Waals surface area contributed by atoms with Gasteiger partial charge in [-0.3, -0.25) is 0 Å². The number of hydrogen-bond acceptors (Lipinski definition) is 6. The van der Waals surface area contributed by atoms with Crippen LogP contribution in [0.1, 0.15) is 25.6 Å². The van der Waals surface area contributed by atoms with Crippen LogP contribution in [0.25, 0.3) is 27.8 Å². The predicted molar refractivity (Wildman–Crippen MR) is 128 cm³/mol. The summed E-state index contributed by atoms with van der Waals surface area (Å²) in [5, 5.41) is 4.76. The number of aromatic nitrogens is 3. The van der Waals surface area contributed by atoms with Gasteiger partial charge in [-0.15, -0.1) is 16.4 Å². The molecule has 166 valence electrons. The first kappa shape index (κ1) is 22.2. The third kappa shape index (κ3) is 4.47. The Morgan fingerprint density at radius 1 is 1.00 bits per heavy atom. The Morgan fingerprint density at radius 2 is 1.75 bits per heavy atom. The number of rotatable bonds is 5. The molecule has 0 unspecified atom stereocenters. The van der Waals surface area contributed by atoms with Crippen molar-refractivity contribution < 1.29 is 13.2 Å². The van der Waals surface area contributed by atoms with Gasteiger partial charge in [0.05, 0.1) is 22.6 Å². The second-order valence-electron chi connectivity index (χ2n) is 8.59. The molecule has 0 atom stereocenters. The highest BCUT2D eigenvalue weighted by molar-refractivity contribution is 7.90. The Morgan fingerprint density at radius 3 is 2.41 bits per heavy atom. The maximum Gasteiger partial charge on any atom is 0.182 e.